The number of hydrogen-bond acceptors (Lipinski definition) is 4. The van der Waals surface area contributed by atoms with Crippen LogP contribution in [0.1, 0.15) is 39.0 Å². The highest BCUT2D eigenvalue weighted by Gasteiger charge is 2.19. The molecule has 3 rings (SSSR count). The predicted octanol–water partition coefficient (Wildman–Crippen LogP) is 3.63. The molecule has 0 aromatic heterocycles. The van der Waals surface area contributed by atoms with E-state index in [9.17, 15) is 4.79 Å². The Morgan fingerprint density at radius 3 is 2.74 bits per heavy atom. The van der Waals surface area contributed by atoms with Gasteiger partial charge in [-0.2, -0.15) is 0 Å². The van der Waals surface area contributed by atoms with Crippen LogP contribution in [0.2, 0.25) is 0 Å². The molecule has 2 aliphatic rings. The maximum Gasteiger partial charge on any atom is 0.233 e. The van der Waals surface area contributed by atoms with E-state index in [4.69, 9.17) is 9.47 Å². The van der Waals surface area contributed by atoms with E-state index in [2.05, 4.69) is 5.32 Å². The molecule has 126 valence electrons. The van der Waals surface area contributed by atoms with Crippen molar-refractivity contribution in [3.05, 3.63) is 18.2 Å². The van der Waals surface area contributed by atoms with E-state index in [1.807, 2.05) is 25.1 Å². The van der Waals surface area contributed by atoms with Crippen LogP contribution >= 0.6 is 11.8 Å². The molecule has 1 atom stereocenters. The van der Waals surface area contributed by atoms with E-state index in [-0.39, 0.29) is 11.2 Å². The normalized spacial score (nSPS) is 19.2. The Kier molecular flexibility index (Phi) is 5.70. The molecular formula is C18H25NO3S. The highest BCUT2D eigenvalue weighted by Crippen LogP contribution is 2.35. The minimum Gasteiger partial charge on any atom is -0.486 e. The fourth-order valence-electron chi connectivity index (χ4n) is 3.13. The van der Waals surface area contributed by atoms with Crippen molar-refractivity contribution < 1.29 is 14.3 Å². The molecule has 1 aliphatic carbocycles. The molecule has 1 amide bonds. The molecule has 0 radical (unpaired) electrons. The van der Waals surface area contributed by atoms with Gasteiger partial charge in [0, 0.05) is 11.4 Å². The minimum absolute atomic E-state index is 0.110. The molecule has 1 heterocycles. The van der Waals surface area contributed by atoms with Gasteiger partial charge in [0.05, 0.1) is 5.25 Å². The molecule has 1 unspecified atom stereocenters. The zero-order valence-electron chi connectivity index (χ0n) is 13.7. The molecule has 0 spiro atoms. The summed E-state index contributed by atoms with van der Waals surface area (Å²) in [4.78, 5) is 13.3. The Morgan fingerprint density at radius 1 is 1.22 bits per heavy atom. The number of rotatable bonds is 5. The molecule has 4 nitrogen and oxygen atoms in total. The van der Waals surface area contributed by atoms with Crippen molar-refractivity contribution in [1.29, 1.82) is 0 Å². The summed E-state index contributed by atoms with van der Waals surface area (Å²) < 4.78 is 11.1. The molecule has 1 aromatic rings. The number of thioether (sulfide) groups is 1. The van der Waals surface area contributed by atoms with Crippen LogP contribution in [0, 0.1) is 5.92 Å². The van der Waals surface area contributed by atoms with Gasteiger partial charge in [0.15, 0.2) is 11.5 Å². The molecule has 1 N–H and O–H groups in total. The molecule has 5 heteroatoms. The molecule has 1 aliphatic heterocycles. The van der Waals surface area contributed by atoms with E-state index < -0.39 is 0 Å². The van der Waals surface area contributed by atoms with Gasteiger partial charge in [-0.1, -0.05) is 19.3 Å². The summed E-state index contributed by atoms with van der Waals surface area (Å²) in [6.07, 6.45) is 6.47. The average Bonchev–Trinajstić information content (AvgIpc) is 2.60. The first-order valence-electron chi connectivity index (χ1n) is 8.56. The summed E-state index contributed by atoms with van der Waals surface area (Å²) in [6.45, 7) is 3.96. The van der Waals surface area contributed by atoms with Crippen LogP contribution in [0.3, 0.4) is 0 Å². The number of amides is 1. The zero-order valence-corrected chi connectivity index (χ0v) is 14.5. The zero-order chi connectivity index (χ0) is 16.1. The third-order valence-corrected chi connectivity index (χ3v) is 5.58. The summed E-state index contributed by atoms with van der Waals surface area (Å²) in [6, 6.07) is 5.87. The number of carbonyl (C=O) groups is 1. The van der Waals surface area contributed by atoms with Gasteiger partial charge in [0.1, 0.15) is 13.2 Å². The number of benzene rings is 1. The lowest BCUT2D eigenvalue weighted by Crippen LogP contribution is -2.35. The third kappa shape index (κ3) is 4.56. The Labute approximate surface area is 142 Å². The van der Waals surface area contributed by atoms with Crippen LogP contribution in [-0.2, 0) is 4.79 Å². The predicted molar refractivity (Wildman–Crippen MR) is 92.3 cm³/mol. The van der Waals surface area contributed by atoms with Gasteiger partial charge in [-0.15, -0.1) is 11.8 Å². The van der Waals surface area contributed by atoms with Gasteiger partial charge in [0.2, 0.25) is 5.91 Å². The van der Waals surface area contributed by atoms with E-state index >= 15 is 0 Å². The van der Waals surface area contributed by atoms with Crippen molar-refractivity contribution in [2.75, 3.05) is 19.8 Å². The summed E-state index contributed by atoms with van der Waals surface area (Å²) >= 11 is 1.56. The summed E-state index contributed by atoms with van der Waals surface area (Å²) in [5, 5.41) is 3.01. The van der Waals surface area contributed by atoms with Crippen LogP contribution in [-0.4, -0.2) is 30.9 Å². The Hall–Kier alpha value is -1.36. The second kappa shape index (κ2) is 7.95. The molecule has 1 fully saturated rings. The number of hydrogen-bond donors (Lipinski definition) is 1. The van der Waals surface area contributed by atoms with Crippen LogP contribution < -0.4 is 14.8 Å². The SMILES string of the molecule is CC(Sc1ccc2c(c1)OCCO2)C(=O)NCC1CCCCC1. The monoisotopic (exact) mass is 335 g/mol. The maximum absolute atomic E-state index is 12.3. The quantitative estimate of drug-likeness (QED) is 0.835. The number of nitrogens with one attached hydrogen (secondary N) is 1. The number of fused-ring (bicyclic) bond motifs is 1. The maximum atomic E-state index is 12.3. The van der Waals surface area contributed by atoms with E-state index in [0.717, 1.165) is 22.9 Å². The summed E-state index contributed by atoms with van der Waals surface area (Å²) in [7, 11) is 0. The largest absolute Gasteiger partial charge is 0.486 e. The van der Waals surface area contributed by atoms with Crippen molar-refractivity contribution in [2.45, 2.75) is 49.2 Å². The number of ether oxygens (including phenoxy) is 2. The van der Waals surface area contributed by atoms with Gasteiger partial charge in [0.25, 0.3) is 0 Å². The average molecular weight is 335 g/mol. The van der Waals surface area contributed by atoms with Crippen molar-refractivity contribution in [3.8, 4) is 11.5 Å². The summed E-state index contributed by atoms with van der Waals surface area (Å²) in [5.74, 6) is 2.35. The Bertz CT molecular complexity index is 543. The molecule has 1 saturated carbocycles. The van der Waals surface area contributed by atoms with Crippen LogP contribution in [0.15, 0.2) is 23.1 Å². The molecular weight excluding hydrogens is 310 g/mol. The van der Waals surface area contributed by atoms with Crippen LogP contribution in [0.4, 0.5) is 0 Å². The molecule has 0 bridgehead atoms. The topological polar surface area (TPSA) is 47.6 Å². The highest BCUT2D eigenvalue weighted by molar-refractivity contribution is 8.00. The van der Waals surface area contributed by atoms with E-state index in [0.29, 0.717) is 19.1 Å². The first kappa shape index (κ1) is 16.5. The third-order valence-electron chi connectivity index (χ3n) is 4.49. The van der Waals surface area contributed by atoms with Crippen LogP contribution in [0.25, 0.3) is 0 Å². The summed E-state index contributed by atoms with van der Waals surface area (Å²) in [5.41, 5.74) is 0. The fourth-order valence-corrected chi connectivity index (χ4v) is 4.05. The Morgan fingerprint density at radius 2 is 1.96 bits per heavy atom. The van der Waals surface area contributed by atoms with E-state index in [1.165, 1.54) is 32.1 Å². The van der Waals surface area contributed by atoms with Crippen molar-refractivity contribution >= 4 is 17.7 Å². The second-order valence-corrected chi connectivity index (χ2v) is 7.73. The van der Waals surface area contributed by atoms with Gasteiger partial charge in [-0.25, -0.2) is 0 Å². The lowest BCUT2D eigenvalue weighted by atomic mass is 9.89. The van der Waals surface area contributed by atoms with Crippen molar-refractivity contribution in [3.63, 3.8) is 0 Å². The number of carbonyl (C=O) groups excluding carboxylic acids is 1. The van der Waals surface area contributed by atoms with Crippen LogP contribution in [0.5, 0.6) is 11.5 Å². The second-order valence-electron chi connectivity index (χ2n) is 6.31. The lowest BCUT2D eigenvalue weighted by Gasteiger charge is -2.23. The Balaban J connectivity index is 1.49. The minimum atomic E-state index is -0.110. The van der Waals surface area contributed by atoms with Crippen molar-refractivity contribution in [1.82, 2.24) is 5.32 Å². The van der Waals surface area contributed by atoms with E-state index in [1.54, 1.807) is 11.8 Å². The first-order chi connectivity index (χ1) is 11.2. The smallest absolute Gasteiger partial charge is 0.233 e. The first-order valence-corrected chi connectivity index (χ1v) is 9.44. The van der Waals surface area contributed by atoms with Gasteiger partial charge >= 0.3 is 0 Å². The van der Waals surface area contributed by atoms with Gasteiger partial charge in [-0.3, -0.25) is 4.79 Å². The fraction of sp³-hybridized carbons (Fsp3) is 0.611. The molecule has 1 aromatic carbocycles. The van der Waals surface area contributed by atoms with Gasteiger partial charge in [-0.05, 0) is 43.9 Å². The lowest BCUT2D eigenvalue weighted by molar-refractivity contribution is -0.120. The standard InChI is InChI=1S/C18H25NO3S/c1-13(18(20)19-12-14-5-3-2-4-6-14)23-15-7-8-16-17(11-15)22-10-9-21-16/h7-8,11,13-14H,2-6,9-10,12H2,1H3,(H,19,20). The molecule has 0 saturated heterocycles. The van der Waals surface area contributed by atoms with Crippen molar-refractivity contribution in [2.24, 2.45) is 5.92 Å². The molecule has 23 heavy (non-hydrogen) atoms. The highest BCUT2D eigenvalue weighted by atomic mass is 32.2. The van der Waals surface area contributed by atoms with Gasteiger partial charge < -0.3 is 14.8 Å².